The molecule has 0 aliphatic carbocycles. The number of aryl methyl sites for hydroxylation is 1. The summed E-state index contributed by atoms with van der Waals surface area (Å²) < 4.78 is 3.22. The Bertz CT molecular complexity index is 865. The first kappa shape index (κ1) is 17.1. The van der Waals surface area contributed by atoms with E-state index in [1.54, 1.807) is 4.57 Å². The summed E-state index contributed by atoms with van der Waals surface area (Å²) in [5.74, 6) is 0.511. The molecule has 4 rings (SSSR count). The van der Waals surface area contributed by atoms with Crippen molar-refractivity contribution < 1.29 is 4.79 Å². The molecular weight excluding hydrogens is 328 g/mol. The van der Waals surface area contributed by atoms with Gasteiger partial charge in [0.25, 0.3) is 0 Å². The number of aromatic nitrogens is 3. The maximum atomic E-state index is 13.1. The Labute approximate surface area is 153 Å². The summed E-state index contributed by atoms with van der Waals surface area (Å²) in [6.07, 6.45) is 3.76. The molecule has 0 saturated carbocycles. The van der Waals surface area contributed by atoms with E-state index in [1.165, 1.54) is 10.2 Å². The summed E-state index contributed by atoms with van der Waals surface area (Å²) in [6.45, 7) is 6.07. The maximum Gasteiger partial charge on any atom is 0.346 e. The van der Waals surface area contributed by atoms with Gasteiger partial charge < -0.3 is 4.90 Å². The van der Waals surface area contributed by atoms with E-state index in [0.29, 0.717) is 25.0 Å². The maximum absolute atomic E-state index is 13.1. The van der Waals surface area contributed by atoms with Gasteiger partial charge in [-0.15, -0.1) is 0 Å². The number of nitrogens with zero attached hydrogens (tertiary/aromatic N) is 4. The zero-order chi connectivity index (χ0) is 18.3. The number of hydrogen-bond acceptors (Lipinski definition) is 3. The van der Waals surface area contributed by atoms with E-state index in [-0.39, 0.29) is 17.5 Å². The van der Waals surface area contributed by atoms with E-state index in [0.717, 1.165) is 37.8 Å². The largest absolute Gasteiger partial charge is 0.346 e. The summed E-state index contributed by atoms with van der Waals surface area (Å²) in [5, 5.41) is 4.59. The highest BCUT2D eigenvalue weighted by Crippen LogP contribution is 2.29. The molecular formula is C20H26N4O2. The van der Waals surface area contributed by atoms with Gasteiger partial charge in [-0.25, -0.2) is 9.48 Å². The molecule has 6 heteroatoms. The third-order valence-electron chi connectivity index (χ3n) is 5.72. The van der Waals surface area contributed by atoms with Gasteiger partial charge in [-0.3, -0.25) is 9.36 Å². The Balaban J connectivity index is 1.63. The van der Waals surface area contributed by atoms with Crippen molar-refractivity contribution in [3.05, 3.63) is 51.7 Å². The number of fused-ring (bicyclic) bond motifs is 1. The van der Waals surface area contributed by atoms with Crippen LogP contribution in [0.3, 0.4) is 0 Å². The third-order valence-corrected chi connectivity index (χ3v) is 5.72. The monoisotopic (exact) mass is 354 g/mol. The Morgan fingerprint density at radius 3 is 2.58 bits per heavy atom. The second-order valence-corrected chi connectivity index (χ2v) is 7.65. The molecule has 1 aromatic carbocycles. The zero-order valence-corrected chi connectivity index (χ0v) is 15.5. The molecule has 6 nitrogen and oxygen atoms in total. The van der Waals surface area contributed by atoms with E-state index in [2.05, 4.69) is 12.0 Å². The van der Waals surface area contributed by atoms with Gasteiger partial charge in [0.1, 0.15) is 5.82 Å². The minimum atomic E-state index is -0.281. The highest BCUT2D eigenvalue weighted by molar-refractivity contribution is 5.83. The average Bonchev–Trinajstić information content (AvgIpc) is 3.20. The summed E-state index contributed by atoms with van der Waals surface area (Å²) in [4.78, 5) is 27.8. The van der Waals surface area contributed by atoms with Gasteiger partial charge in [-0.2, -0.15) is 5.10 Å². The lowest BCUT2D eigenvalue weighted by molar-refractivity contribution is -0.134. The normalized spacial score (nSPS) is 22.5. The Morgan fingerprint density at radius 2 is 1.88 bits per heavy atom. The van der Waals surface area contributed by atoms with Gasteiger partial charge in [0.2, 0.25) is 5.91 Å². The van der Waals surface area contributed by atoms with E-state index < -0.39 is 0 Å². The second-order valence-electron chi connectivity index (χ2n) is 7.65. The lowest BCUT2D eigenvalue weighted by Crippen LogP contribution is -2.40. The Kier molecular flexibility index (Phi) is 4.42. The average molecular weight is 354 g/mol. The number of amides is 1. The van der Waals surface area contributed by atoms with Gasteiger partial charge in [0, 0.05) is 19.1 Å². The van der Waals surface area contributed by atoms with Gasteiger partial charge in [-0.1, -0.05) is 29.8 Å². The highest BCUT2D eigenvalue weighted by atomic mass is 16.2. The van der Waals surface area contributed by atoms with Crippen LogP contribution in [0.15, 0.2) is 29.1 Å². The Hall–Kier alpha value is -2.37. The summed E-state index contributed by atoms with van der Waals surface area (Å²) in [6, 6.07) is 8.41. The smallest absolute Gasteiger partial charge is 0.339 e. The highest BCUT2D eigenvalue weighted by Gasteiger charge is 2.36. The Morgan fingerprint density at radius 1 is 1.15 bits per heavy atom. The number of carbonyl (C=O) groups is 1. The number of carbonyl (C=O) groups excluding carboxylic acids is 1. The van der Waals surface area contributed by atoms with Crippen molar-refractivity contribution in [1.82, 2.24) is 19.2 Å². The van der Waals surface area contributed by atoms with Crippen molar-refractivity contribution in [3.8, 4) is 0 Å². The van der Waals surface area contributed by atoms with Crippen molar-refractivity contribution in [1.29, 1.82) is 0 Å². The van der Waals surface area contributed by atoms with Crippen LogP contribution in [-0.4, -0.2) is 37.7 Å². The van der Waals surface area contributed by atoms with E-state index in [9.17, 15) is 9.59 Å². The molecule has 1 fully saturated rings. The zero-order valence-electron chi connectivity index (χ0n) is 15.5. The molecule has 2 aromatic rings. The quantitative estimate of drug-likeness (QED) is 0.850. The molecule has 3 heterocycles. The summed E-state index contributed by atoms with van der Waals surface area (Å²) in [7, 11) is 0. The van der Waals surface area contributed by atoms with Gasteiger partial charge >= 0.3 is 5.69 Å². The first-order chi connectivity index (χ1) is 12.5. The number of benzene rings is 1. The molecule has 1 aromatic heterocycles. The standard InChI is InChI=1S/C20H26N4O2/c1-14-7-9-16(10-8-14)13-24-20(26)23-12-4-6-17(18(23)21-24)19(25)22-11-3-5-15(22)2/h7-10,15,17H,3-6,11-13H2,1-2H3/t15-,17?/m0/s1. The molecule has 0 N–H and O–H groups in total. The van der Waals surface area contributed by atoms with Crippen molar-refractivity contribution in [2.24, 2.45) is 0 Å². The minimum Gasteiger partial charge on any atom is -0.339 e. The van der Waals surface area contributed by atoms with Gasteiger partial charge in [-0.05, 0) is 45.1 Å². The number of rotatable bonds is 3. The van der Waals surface area contributed by atoms with E-state index >= 15 is 0 Å². The van der Waals surface area contributed by atoms with Gasteiger partial charge in [0.15, 0.2) is 0 Å². The molecule has 2 aliphatic heterocycles. The van der Waals surface area contributed by atoms with Crippen LogP contribution in [0.25, 0.3) is 0 Å². The second kappa shape index (κ2) is 6.74. The van der Waals surface area contributed by atoms with Crippen LogP contribution in [0, 0.1) is 6.92 Å². The van der Waals surface area contributed by atoms with Crippen molar-refractivity contribution in [2.45, 2.75) is 64.6 Å². The molecule has 0 radical (unpaired) electrons. The molecule has 2 atom stereocenters. The summed E-state index contributed by atoms with van der Waals surface area (Å²) in [5.41, 5.74) is 2.13. The van der Waals surface area contributed by atoms with Crippen molar-refractivity contribution in [2.75, 3.05) is 6.54 Å². The van der Waals surface area contributed by atoms with Crippen molar-refractivity contribution in [3.63, 3.8) is 0 Å². The molecule has 1 saturated heterocycles. The molecule has 138 valence electrons. The van der Waals surface area contributed by atoms with Crippen LogP contribution in [0.5, 0.6) is 0 Å². The first-order valence-electron chi connectivity index (χ1n) is 9.58. The third kappa shape index (κ3) is 2.97. The van der Waals surface area contributed by atoms with E-state index in [1.807, 2.05) is 36.1 Å². The molecule has 1 unspecified atom stereocenters. The minimum absolute atomic E-state index is 0.104. The molecule has 2 aliphatic rings. The van der Waals surface area contributed by atoms with Crippen LogP contribution in [0.4, 0.5) is 0 Å². The fourth-order valence-electron chi connectivity index (χ4n) is 4.17. The lowest BCUT2D eigenvalue weighted by atomic mass is 9.97. The molecule has 1 amide bonds. The van der Waals surface area contributed by atoms with Crippen LogP contribution in [0.2, 0.25) is 0 Å². The van der Waals surface area contributed by atoms with E-state index in [4.69, 9.17) is 0 Å². The first-order valence-corrected chi connectivity index (χ1v) is 9.58. The summed E-state index contributed by atoms with van der Waals surface area (Å²) >= 11 is 0. The van der Waals surface area contributed by atoms with Crippen LogP contribution in [-0.2, 0) is 17.9 Å². The van der Waals surface area contributed by atoms with Crippen LogP contribution in [0.1, 0.15) is 55.5 Å². The predicted octanol–water partition coefficient (Wildman–Crippen LogP) is 2.29. The molecule has 26 heavy (non-hydrogen) atoms. The van der Waals surface area contributed by atoms with Crippen molar-refractivity contribution >= 4 is 5.91 Å². The fourth-order valence-corrected chi connectivity index (χ4v) is 4.17. The van der Waals surface area contributed by atoms with Gasteiger partial charge in [0.05, 0.1) is 12.5 Å². The van der Waals surface area contributed by atoms with Crippen LogP contribution >= 0.6 is 0 Å². The lowest BCUT2D eigenvalue weighted by Gasteiger charge is -2.28. The number of hydrogen-bond donors (Lipinski definition) is 0. The SMILES string of the molecule is Cc1ccc(Cn2nc3n(c2=O)CCCC3C(=O)N2CCC[C@@H]2C)cc1. The number of likely N-dealkylation sites (tertiary alicyclic amines) is 1. The fraction of sp³-hybridized carbons (Fsp3) is 0.550. The molecule has 0 bridgehead atoms. The molecule has 0 spiro atoms. The topological polar surface area (TPSA) is 60.1 Å². The van der Waals surface area contributed by atoms with Crippen LogP contribution < -0.4 is 5.69 Å². The predicted molar refractivity (Wildman–Crippen MR) is 99.2 cm³/mol.